The van der Waals surface area contributed by atoms with Gasteiger partial charge in [0, 0.05) is 63.5 Å². The largest absolute Gasteiger partial charge is 0.377 e. The molecule has 0 unspecified atom stereocenters. The molecule has 0 spiro atoms. The molecule has 128 valence electrons. The highest BCUT2D eigenvalue weighted by Gasteiger charge is 2.27. The molecule has 7 heteroatoms. The third-order valence-electron chi connectivity index (χ3n) is 4.53. The topological polar surface area (TPSA) is 73.5 Å². The molecule has 2 aliphatic heterocycles. The molecule has 1 aromatic rings. The number of H-pyrrole nitrogens is 1. The number of nitrogens with one attached hydrogen (secondary N) is 2. The number of carbonyl (C=O) groups excluding carboxylic acids is 1. The van der Waals surface area contributed by atoms with Gasteiger partial charge in [-0.05, 0) is 13.8 Å². The maximum absolute atomic E-state index is 12.7. The molecule has 3 heterocycles. The Morgan fingerprint density at radius 3 is 2.83 bits per heavy atom. The van der Waals surface area contributed by atoms with Crippen LogP contribution < -0.4 is 5.32 Å². The summed E-state index contributed by atoms with van der Waals surface area (Å²) < 4.78 is 5.60. The number of carbonyl (C=O) groups is 1. The average Bonchev–Trinajstić information content (AvgIpc) is 2.98. The second-order valence-corrected chi connectivity index (χ2v) is 6.51. The molecule has 23 heavy (non-hydrogen) atoms. The van der Waals surface area contributed by atoms with E-state index in [4.69, 9.17) is 4.74 Å². The average molecular weight is 321 g/mol. The van der Waals surface area contributed by atoms with E-state index >= 15 is 0 Å². The molecule has 2 aliphatic rings. The van der Waals surface area contributed by atoms with Crippen molar-refractivity contribution in [2.75, 3.05) is 45.9 Å². The van der Waals surface area contributed by atoms with Gasteiger partial charge in [0.05, 0.1) is 12.7 Å². The predicted molar refractivity (Wildman–Crippen MR) is 87.4 cm³/mol. The van der Waals surface area contributed by atoms with Crippen LogP contribution >= 0.6 is 0 Å². The Morgan fingerprint density at radius 1 is 1.30 bits per heavy atom. The van der Waals surface area contributed by atoms with E-state index in [0.717, 1.165) is 70.1 Å². The Bertz CT molecular complexity index is 535. The minimum absolute atomic E-state index is 0.0595. The van der Waals surface area contributed by atoms with Gasteiger partial charge in [0.15, 0.2) is 5.69 Å². The highest BCUT2D eigenvalue weighted by molar-refractivity contribution is 5.94. The molecule has 0 bridgehead atoms. The van der Waals surface area contributed by atoms with Gasteiger partial charge in [0.25, 0.3) is 5.91 Å². The molecular formula is C16H27N5O2. The van der Waals surface area contributed by atoms with Gasteiger partial charge < -0.3 is 15.0 Å². The van der Waals surface area contributed by atoms with Crippen molar-refractivity contribution in [2.45, 2.75) is 32.9 Å². The molecular weight excluding hydrogens is 294 g/mol. The normalized spacial score (nSPS) is 19.2. The fourth-order valence-corrected chi connectivity index (χ4v) is 3.14. The van der Waals surface area contributed by atoms with E-state index in [0.29, 0.717) is 5.69 Å². The third-order valence-corrected chi connectivity index (χ3v) is 4.53. The minimum Gasteiger partial charge on any atom is -0.377 e. The maximum atomic E-state index is 12.7. The lowest BCUT2D eigenvalue weighted by molar-refractivity contribution is 0.0404. The van der Waals surface area contributed by atoms with E-state index in [1.807, 2.05) is 4.90 Å². The van der Waals surface area contributed by atoms with E-state index in [2.05, 4.69) is 34.3 Å². The number of fused-ring (bicyclic) bond motifs is 1. The molecule has 0 saturated carbocycles. The summed E-state index contributed by atoms with van der Waals surface area (Å²) in [7, 11) is 0. The van der Waals surface area contributed by atoms with Gasteiger partial charge in [-0.15, -0.1) is 0 Å². The zero-order chi connectivity index (χ0) is 16.2. The van der Waals surface area contributed by atoms with Crippen LogP contribution in [0, 0.1) is 0 Å². The van der Waals surface area contributed by atoms with Crippen LogP contribution in [-0.4, -0.2) is 77.9 Å². The van der Waals surface area contributed by atoms with Gasteiger partial charge in [-0.25, -0.2) is 0 Å². The summed E-state index contributed by atoms with van der Waals surface area (Å²) in [6, 6.07) is 0. The number of piperazine rings is 1. The van der Waals surface area contributed by atoms with Crippen LogP contribution in [0.1, 0.15) is 35.6 Å². The van der Waals surface area contributed by atoms with Crippen LogP contribution in [-0.2, 0) is 17.7 Å². The van der Waals surface area contributed by atoms with Crippen LogP contribution in [0.25, 0.3) is 0 Å². The van der Waals surface area contributed by atoms with Crippen LogP contribution in [0.4, 0.5) is 0 Å². The molecule has 1 amide bonds. The Morgan fingerprint density at radius 2 is 2.09 bits per heavy atom. The monoisotopic (exact) mass is 321 g/mol. The Hall–Kier alpha value is -1.44. The second kappa shape index (κ2) is 7.42. The summed E-state index contributed by atoms with van der Waals surface area (Å²) in [5, 5.41) is 10.6. The maximum Gasteiger partial charge on any atom is 0.274 e. The summed E-state index contributed by atoms with van der Waals surface area (Å²) in [6.45, 7) is 10.8. The molecule has 0 radical (unpaired) electrons. The first-order valence-corrected chi connectivity index (χ1v) is 8.55. The van der Waals surface area contributed by atoms with Crippen molar-refractivity contribution in [1.82, 2.24) is 25.3 Å². The Balaban J connectivity index is 1.51. The first-order chi connectivity index (χ1) is 11.1. The van der Waals surface area contributed by atoms with Gasteiger partial charge in [0.1, 0.15) is 0 Å². The summed E-state index contributed by atoms with van der Waals surface area (Å²) >= 11 is 0. The molecule has 2 N–H and O–H groups in total. The van der Waals surface area contributed by atoms with Gasteiger partial charge in [-0.3, -0.25) is 14.8 Å². The van der Waals surface area contributed by atoms with Gasteiger partial charge in [0.2, 0.25) is 0 Å². The van der Waals surface area contributed by atoms with Crippen LogP contribution in [0.5, 0.6) is 0 Å². The Kier molecular flexibility index (Phi) is 5.30. The van der Waals surface area contributed by atoms with Crippen molar-refractivity contribution >= 4 is 5.91 Å². The van der Waals surface area contributed by atoms with Crippen molar-refractivity contribution in [3.63, 3.8) is 0 Å². The number of hydrogen-bond donors (Lipinski definition) is 2. The summed E-state index contributed by atoms with van der Waals surface area (Å²) in [5.74, 6) is 0.0595. The zero-order valence-electron chi connectivity index (χ0n) is 14.1. The predicted octanol–water partition coefficient (Wildman–Crippen LogP) is 0.238. The van der Waals surface area contributed by atoms with Crippen molar-refractivity contribution in [2.24, 2.45) is 0 Å². The fraction of sp³-hybridized carbons (Fsp3) is 0.750. The molecule has 0 aliphatic carbocycles. The number of aromatic nitrogens is 2. The van der Waals surface area contributed by atoms with E-state index in [1.165, 1.54) is 0 Å². The summed E-state index contributed by atoms with van der Waals surface area (Å²) in [4.78, 5) is 17.0. The standard InChI is InChI=1S/C16H27N5O2/c1-12(2)23-10-9-20-5-7-21(8-6-20)16(22)15-13-11-17-4-3-14(13)18-19-15/h12,17H,3-11H2,1-2H3,(H,18,19). The number of aromatic amines is 1. The van der Waals surface area contributed by atoms with Gasteiger partial charge >= 0.3 is 0 Å². The van der Waals surface area contributed by atoms with E-state index < -0.39 is 0 Å². The second-order valence-electron chi connectivity index (χ2n) is 6.51. The lowest BCUT2D eigenvalue weighted by atomic mass is 10.1. The highest BCUT2D eigenvalue weighted by Crippen LogP contribution is 2.17. The molecule has 1 aromatic heterocycles. The molecule has 1 fully saturated rings. The van der Waals surface area contributed by atoms with Crippen molar-refractivity contribution in [1.29, 1.82) is 0 Å². The van der Waals surface area contributed by atoms with Crippen molar-refractivity contribution < 1.29 is 9.53 Å². The van der Waals surface area contributed by atoms with Gasteiger partial charge in [-0.1, -0.05) is 0 Å². The first kappa shape index (κ1) is 16.4. The van der Waals surface area contributed by atoms with Crippen molar-refractivity contribution in [3.8, 4) is 0 Å². The van der Waals surface area contributed by atoms with E-state index in [1.54, 1.807) is 0 Å². The zero-order valence-corrected chi connectivity index (χ0v) is 14.1. The number of nitrogens with zero attached hydrogens (tertiary/aromatic N) is 3. The molecule has 7 nitrogen and oxygen atoms in total. The van der Waals surface area contributed by atoms with Crippen molar-refractivity contribution in [3.05, 3.63) is 17.0 Å². The number of hydrogen-bond acceptors (Lipinski definition) is 5. The summed E-state index contributed by atoms with van der Waals surface area (Å²) in [5.41, 5.74) is 2.76. The highest BCUT2D eigenvalue weighted by atomic mass is 16.5. The van der Waals surface area contributed by atoms with Gasteiger partial charge in [-0.2, -0.15) is 5.10 Å². The number of rotatable bonds is 5. The SMILES string of the molecule is CC(C)OCCN1CCN(C(=O)c2n[nH]c3c2CNCC3)CC1. The summed E-state index contributed by atoms with van der Waals surface area (Å²) in [6.07, 6.45) is 1.19. The van der Waals surface area contributed by atoms with Crippen LogP contribution in [0.15, 0.2) is 0 Å². The fourth-order valence-electron chi connectivity index (χ4n) is 3.14. The molecule has 1 saturated heterocycles. The lowest BCUT2D eigenvalue weighted by Gasteiger charge is -2.34. The molecule has 3 rings (SSSR count). The van der Waals surface area contributed by atoms with Crippen LogP contribution in [0.2, 0.25) is 0 Å². The lowest BCUT2D eigenvalue weighted by Crippen LogP contribution is -2.49. The molecule has 0 aromatic carbocycles. The third kappa shape index (κ3) is 3.91. The number of ether oxygens (including phenoxy) is 1. The van der Waals surface area contributed by atoms with E-state index in [-0.39, 0.29) is 12.0 Å². The minimum atomic E-state index is 0.0595. The molecule has 0 atom stereocenters. The Labute approximate surface area is 137 Å². The smallest absolute Gasteiger partial charge is 0.274 e. The quantitative estimate of drug-likeness (QED) is 0.813. The van der Waals surface area contributed by atoms with Crippen LogP contribution in [0.3, 0.4) is 0 Å². The first-order valence-electron chi connectivity index (χ1n) is 8.55. The number of amides is 1. The van der Waals surface area contributed by atoms with E-state index in [9.17, 15) is 4.79 Å².